The Morgan fingerprint density at radius 3 is 2.44 bits per heavy atom. The van der Waals surface area contributed by atoms with Crippen molar-refractivity contribution in [3.05, 3.63) is 27.7 Å². The molecular weight excluding hydrogens is 300 g/mol. The largest absolute Gasteiger partial charge is 0.478 e. The van der Waals surface area contributed by atoms with E-state index in [-0.39, 0.29) is 0 Å². The molecule has 8 heteroatoms. The molecule has 0 aliphatic carbocycles. The van der Waals surface area contributed by atoms with Crippen LogP contribution in [-0.4, -0.2) is 17.7 Å². The SMILES string of the molecule is O=C(O)c1cc(F)c(Br)c(OC(F)F)c1F. The number of halogens is 5. The quantitative estimate of drug-likeness (QED) is 0.689. The monoisotopic (exact) mass is 302 g/mol. The highest BCUT2D eigenvalue weighted by Gasteiger charge is 2.24. The summed E-state index contributed by atoms with van der Waals surface area (Å²) in [5, 5.41) is 8.47. The van der Waals surface area contributed by atoms with E-state index in [0.29, 0.717) is 6.07 Å². The number of carboxylic acids is 1. The number of alkyl halides is 2. The van der Waals surface area contributed by atoms with Crippen molar-refractivity contribution in [1.82, 2.24) is 0 Å². The second kappa shape index (κ2) is 4.69. The highest BCUT2D eigenvalue weighted by atomic mass is 79.9. The molecule has 16 heavy (non-hydrogen) atoms. The molecule has 0 aromatic heterocycles. The number of carbonyl (C=O) groups is 1. The van der Waals surface area contributed by atoms with Gasteiger partial charge in [0.25, 0.3) is 0 Å². The highest BCUT2D eigenvalue weighted by Crippen LogP contribution is 2.34. The Morgan fingerprint density at radius 1 is 1.44 bits per heavy atom. The second-order valence-corrected chi connectivity index (χ2v) is 3.34. The van der Waals surface area contributed by atoms with Crippen LogP contribution in [0.25, 0.3) is 0 Å². The Labute approximate surface area is 94.8 Å². The second-order valence-electron chi connectivity index (χ2n) is 2.55. The first-order valence-electron chi connectivity index (χ1n) is 3.70. The van der Waals surface area contributed by atoms with E-state index < -0.39 is 40.0 Å². The minimum absolute atomic E-state index is 0.361. The van der Waals surface area contributed by atoms with Gasteiger partial charge in [0.15, 0.2) is 11.6 Å². The minimum Gasteiger partial charge on any atom is -0.478 e. The number of hydrogen-bond acceptors (Lipinski definition) is 2. The third-order valence-electron chi connectivity index (χ3n) is 1.55. The Bertz CT molecular complexity index is 436. The Balaban J connectivity index is 3.39. The molecule has 0 saturated heterocycles. The summed E-state index contributed by atoms with van der Waals surface area (Å²) < 4.78 is 53.0. The summed E-state index contributed by atoms with van der Waals surface area (Å²) in [5.41, 5.74) is -1.09. The zero-order chi connectivity index (χ0) is 12.5. The average Bonchev–Trinajstić information content (AvgIpc) is 2.17. The van der Waals surface area contributed by atoms with Gasteiger partial charge < -0.3 is 9.84 Å². The van der Waals surface area contributed by atoms with E-state index in [4.69, 9.17) is 5.11 Å². The zero-order valence-corrected chi connectivity index (χ0v) is 8.89. The Hall–Kier alpha value is -1.31. The lowest BCUT2D eigenvalue weighted by Gasteiger charge is -2.10. The Morgan fingerprint density at radius 2 is 2.00 bits per heavy atom. The van der Waals surface area contributed by atoms with Gasteiger partial charge >= 0.3 is 12.6 Å². The van der Waals surface area contributed by atoms with E-state index in [1.807, 2.05) is 0 Å². The molecule has 0 saturated carbocycles. The first kappa shape index (κ1) is 12.8. The lowest BCUT2D eigenvalue weighted by Crippen LogP contribution is -2.09. The summed E-state index contributed by atoms with van der Waals surface area (Å²) in [4.78, 5) is 10.5. The van der Waals surface area contributed by atoms with Crippen LogP contribution in [0.5, 0.6) is 5.75 Å². The van der Waals surface area contributed by atoms with Gasteiger partial charge in [-0.2, -0.15) is 8.78 Å². The van der Waals surface area contributed by atoms with Crippen LogP contribution in [0.1, 0.15) is 10.4 Å². The average molecular weight is 303 g/mol. The van der Waals surface area contributed by atoms with Crippen molar-refractivity contribution in [2.45, 2.75) is 6.61 Å². The topological polar surface area (TPSA) is 46.5 Å². The fraction of sp³-hybridized carbons (Fsp3) is 0.125. The zero-order valence-electron chi connectivity index (χ0n) is 7.31. The van der Waals surface area contributed by atoms with Crippen molar-refractivity contribution >= 4 is 21.9 Å². The maximum absolute atomic E-state index is 13.3. The molecule has 0 unspecified atom stereocenters. The predicted octanol–water partition coefficient (Wildman–Crippen LogP) is 3.03. The summed E-state index contributed by atoms with van der Waals surface area (Å²) in [6.45, 7) is -3.39. The molecule has 0 spiro atoms. The number of ether oxygens (including phenoxy) is 1. The first-order valence-corrected chi connectivity index (χ1v) is 4.49. The summed E-state index contributed by atoms with van der Waals surface area (Å²) in [6, 6.07) is 0.361. The van der Waals surface area contributed by atoms with Gasteiger partial charge in [-0.05, 0) is 22.0 Å². The van der Waals surface area contributed by atoms with Gasteiger partial charge in [-0.25, -0.2) is 13.6 Å². The molecule has 0 fully saturated rings. The fourth-order valence-electron chi connectivity index (χ4n) is 0.929. The molecule has 0 radical (unpaired) electrons. The van der Waals surface area contributed by atoms with Crippen molar-refractivity contribution in [3.8, 4) is 5.75 Å². The van der Waals surface area contributed by atoms with E-state index >= 15 is 0 Å². The molecule has 0 bridgehead atoms. The molecule has 0 amide bonds. The number of rotatable bonds is 3. The lowest BCUT2D eigenvalue weighted by atomic mass is 10.2. The van der Waals surface area contributed by atoms with Crippen molar-refractivity contribution < 1.29 is 32.2 Å². The van der Waals surface area contributed by atoms with Gasteiger partial charge in [0, 0.05) is 0 Å². The van der Waals surface area contributed by atoms with Crippen LogP contribution in [0.3, 0.4) is 0 Å². The molecule has 0 aliphatic rings. The summed E-state index contributed by atoms with van der Waals surface area (Å²) in [5.74, 6) is -5.74. The van der Waals surface area contributed by atoms with Gasteiger partial charge in [0.05, 0.1) is 4.47 Å². The van der Waals surface area contributed by atoms with Gasteiger partial charge in [-0.1, -0.05) is 0 Å². The molecule has 0 heterocycles. The lowest BCUT2D eigenvalue weighted by molar-refractivity contribution is -0.0530. The van der Waals surface area contributed by atoms with Crippen LogP contribution in [0, 0.1) is 11.6 Å². The molecule has 1 aromatic carbocycles. The third kappa shape index (κ3) is 2.43. The van der Waals surface area contributed by atoms with Gasteiger partial charge in [0.1, 0.15) is 11.4 Å². The number of aromatic carboxylic acids is 1. The highest BCUT2D eigenvalue weighted by molar-refractivity contribution is 9.10. The molecule has 1 rings (SSSR count). The van der Waals surface area contributed by atoms with Crippen molar-refractivity contribution in [2.75, 3.05) is 0 Å². The van der Waals surface area contributed by atoms with Crippen LogP contribution in [0.4, 0.5) is 17.6 Å². The van der Waals surface area contributed by atoms with Crippen LogP contribution in [0.15, 0.2) is 10.5 Å². The smallest absolute Gasteiger partial charge is 0.387 e. The number of hydrogen-bond donors (Lipinski definition) is 1. The molecule has 3 nitrogen and oxygen atoms in total. The van der Waals surface area contributed by atoms with Crippen molar-refractivity contribution in [3.63, 3.8) is 0 Å². The molecule has 0 atom stereocenters. The summed E-state index contributed by atoms with van der Waals surface area (Å²) in [7, 11) is 0. The van der Waals surface area contributed by atoms with E-state index in [2.05, 4.69) is 20.7 Å². The number of carboxylic acid groups (broad SMARTS) is 1. The molecular formula is C8H3BrF4O3. The van der Waals surface area contributed by atoms with Crippen LogP contribution < -0.4 is 4.74 Å². The standard InChI is InChI=1S/C8H3BrF4O3/c9-4-3(10)1-2(7(14)15)5(11)6(4)16-8(12)13/h1,8H,(H,14,15). The maximum atomic E-state index is 13.3. The molecule has 0 aliphatic heterocycles. The number of benzene rings is 1. The van der Waals surface area contributed by atoms with E-state index in [1.54, 1.807) is 0 Å². The van der Waals surface area contributed by atoms with E-state index in [1.165, 1.54) is 0 Å². The van der Waals surface area contributed by atoms with Crippen molar-refractivity contribution in [2.24, 2.45) is 0 Å². The van der Waals surface area contributed by atoms with Crippen molar-refractivity contribution in [1.29, 1.82) is 0 Å². The minimum atomic E-state index is -3.39. The summed E-state index contributed by atoms with van der Waals surface area (Å²) >= 11 is 2.48. The molecule has 1 aromatic rings. The van der Waals surface area contributed by atoms with Gasteiger partial charge in [-0.3, -0.25) is 0 Å². The van der Waals surface area contributed by atoms with E-state index in [0.717, 1.165) is 0 Å². The normalized spacial score (nSPS) is 10.6. The maximum Gasteiger partial charge on any atom is 0.387 e. The van der Waals surface area contributed by atoms with Crippen LogP contribution in [0.2, 0.25) is 0 Å². The molecule has 88 valence electrons. The first-order chi connectivity index (χ1) is 7.34. The van der Waals surface area contributed by atoms with Crippen LogP contribution >= 0.6 is 15.9 Å². The summed E-state index contributed by atoms with van der Waals surface area (Å²) in [6.07, 6.45) is 0. The van der Waals surface area contributed by atoms with Gasteiger partial charge in [-0.15, -0.1) is 0 Å². The van der Waals surface area contributed by atoms with Crippen LogP contribution in [-0.2, 0) is 0 Å². The fourth-order valence-corrected chi connectivity index (χ4v) is 1.31. The third-order valence-corrected chi connectivity index (χ3v) is 2.29. The Kier molecular flexibility index (Phi) is 3.74. The molecule has 1 N–H and O–H groups in total. The predicted molar refractivity (Wildman–Crippen MR) is 47.6 cm³/mol. The van der Waals surface area contributed by atoms with E-state index in [9.17, 15) is 22.4 Å². The van der Waals surface area contributed by atoms with Gasteiger partial charge in [0.2, 0.25) is 0 Å².